The van der Waals surface area contributed by atoms with Gasteiger partial charge in [0.25, 0.3) is 0 Å². The van der Waals surface area contributed by atoms with Crippen LogP contribution in [0.4, 0.5) is 0 Å². The molecule has 0 aliphatic heterocycles. The fourth-order valence-corrected chi connectivity index (χ4v) is 3.09. The fraction of sp³-hybridized carbons (Fsp3) is 0.444. The zero-order valence-corrected chi connectivity index (χ0v) is 19.4. The highest BCUT2D eigenvalue weighted by Gasteiger charge is 2.04. The summed E-state index contributed by atoms with van der Waals surface area (Å²) in [4.78, 5) is 18.9. The number of carbonyl (C=O) groups excluding carboxylic acids is 1. The maximum Gasteiger partial charge on any atom is 0.243 e. The Bertz CT molecular complexity index is 541. The van der Waals surface area contributed by atoms with E-state index < -0.39 is 0 Å². The van der Waals surface area contributed by atoms with Gasteiger partial charge in [0.05, 0.1) is 0 Å². The van der Waals surface area contributed by atoms with E-state index in [2.05, 4.69) is 34.3 Å². The van der Waals surface area contributed by atoms with Crippen LogP contribution in [-0.2, 0) is 4.79 Å². The van der Waals surface area contributed by atoms with Gasteiger partial charge in [-0.2, -0.15) is 11.8 Å². The van der Waals surface area contributed by atoms with E-state index in [0.29, 0.717) is 5.96 Å². The molecule has 1 amide bonds. The minimum Gasteiger partial charge on any atom is -0.356 e. The van der Waals surface area contributed by atoms with Gasteiger partial charge in [0.15, 0.2) is 5.96 Å². The minimum atomic E-state index is -0.0132. The Morgan fingerprint density at radius 3 is 2.46 bits per heavy atom. The van der Waals surface area contributed by atoms with Crippen LogP contribution in [0.5, 0.6) is 0 Å². The number of aliphatic imine (C=N–C) groups is 1. The Hall–Kier alpha value is -0.870. The van der Waals surface area contributed by atoms with Gasteiger partial charge in [-0.15, -0.1) is 42.3 Å². The highest BCUT2D eigenvalue weighted by atomic mass is 127. The zero-order chi connectivity index (χ0) is 18.3. The van der Waals surface area contributed by atoms with E-state index in [4.69, 9.17) is 0 Å². The molecule has 1 rings (SSSR count). The van der Waals surface area contributed by atoms with Gasteiger partial charge in [0.2, 0.25) is 5.91 Å². The van der Waals surface area contributed by atoms with Crippen molar-refractivity contribution in [2.24, 2.45) is 4.99 Å². The molecular weight excluding hydrogens is 479 g/mol. The van der Waals surface area contributed by atoms with Crippen molar-refractivity contribution < 1.29 is 4.79 Å². The summed E-state index contributed by atoms with van der Waals surface area (Å²) in [6.45, 7) is 5.44. The topological polar surface area (TPSA) is 56.7 Å². The number of hydrogen-bond donors (Lipinski definition) is 2. The summed E-state index contributed by atoms with van der Waals surface area (Å²) in [7, 11) is 3.47. The maximum absolute atomic E-state index is 11.7. The Labute approximate surface area is 182 Å². The number of carbonyl (C=O) groups is 1. The maximum atomic E-state index is 11.7. The first-order valence-corrected chi connectivity index (χ1v) is 10.4. The van der Waals surface area contributed by atoms with E-state index in [1.165, 1.54) is 4.90 Å². The lowest BCUT2D eigenvalue weighted by atomic mass is 10.4. The molecule has 0 aliphatic carbocycles. The van der Waals surface area contributed by atoms with Crippen molar-refractivity contribution in [1.82, 2.24) is 15.5 Å². The predicted octanol–water partition coefficient (Wildman–Crippen LogP) is 2.94. The second-order valence-corrected chi connectivity index (χ2v) is 7.65. The molecule has 1 aromatic carbocycles. The lowest BCUT2D eigenvalue weighted by Crippen LogP contribution is -2.40. The number of nitrogens with zero attached hydrogens (tertiary/aromatic N) is 2. The van der Waals surface area contributed by atoms with Crippen molar-refractivity contribution in [2.45, 2.75) is 4.90 Å². The van der Waals surface area contributed by atoms with Crippen LogP contribution in [0.3, 0.4) is 0 Å². The minimum absolute atomic E-state index is 0. The Balaban J connectivity index is 0.00000625. The van der Waals surface area contributed by atoms with Gasteiger partial charge in [0.1, 0.15) is 6.54 Å². The molecule has 26 heavy (non-hydrogen) atoms. The van der Waals surface area contributed by atoms with E-state index in [1.807, 2.05) is 36.0 Å². The molecule has 0 spiro atoms. The van der Waals surface area contributed by atoms with Crippen LogP contribution in [0.1, 0.15) is 0 Å². The van der Waals surface area contributed by atoms with E-state index in [0.717, 1.165) is 30.3 Å². The molecule has 0 saturated carbocycles. The summed E-state index contributed by atoms with van der Waals surface area (Å²) in [5.41, 5.74) is 0. The molecule has 0 radical (unpaired) electrons. The molecule has 146 valence electrons. The van der Waals surface area contributed by atoms with Gasteiger partial charge in [0, 0.05) is 49.3 Å². The second kappa shape index (κ2) is 16.3. The van der Waals surface area contributed by atoms with E-state index in [-0.39, 0.29) is 36.4 Å². The third-order valence-corrected chi connectivity index (χ3v) is 5.03. The van der Waals surface area contributed by atoms with Crippen LogP contribution in [0, 0.1) is 0 Å². The number of halogens is 1. The summed E-state index contributed by atoms with van der Waals surface area (Å²) in [5.74, 6) is 3.50. The number of likely N-dealkylation sites (N-methyl/N-ethyl adjacent to an activating group) is 1. The normalized spacial score (nSPS) is 10.6. The van der Waals surface area contributed by atoms with E-state index in [9.17, 15) is 4.79 Å². The highest BCUT2D eigenvalue weighted by Crippen LogP contribution is 2.15. The average molecular weight is 508 g/mol. The second-order valence-electron chi connectivity index (χ2n) is 5.33. The molecule has 5 nitrogen and oxygen atoms in total. The van der Waals surface area contributed by atoms with Crippen molar-refractivity contribution in [3.05, 3.63) is 43.0 Å². The van der Waals surface area contributed by atoms with Gasteiger partial charge in [-0.05, 0) is 12.1 Å². The molecule has 0 bridgehead atoms. The van der Waals surface area contributed by atoms with Crippen molar-refractivity contribution in [3.63, 3.8) is 0 Å². The first-order chi connectivity index (χ1) is 12.1. The van der Waals surface area contributed by atoms with Gasteiger partial charge in [-0.3, -0.25) is 4.79 Å². The molecule has 0 atom stereocenters. The van der Waals surface area contributed by atoms with Gasteiger partial charge < -0.3 is 15.5 Å². The Kier molecular flexibility index (Phi) is 15.8. The molecule has 0 fully saturated rings. The molecule has 0 aromatic heterocycles. The number of rotatable bonds is 11. The van der Waals surface area contributed by atoms with Crippen LogP contribution in [0.15, 0.2) is 52.9 Å². The molecule has 0 saturated heterocycles. The van der Waals surface area contributed by atoms with Crippen molar-refractivity contribution in [3.8, 4) is 0 Å². The first kappa shape index (κ1) is 25.1. The van der Waals surface area contributed by atoms with Crippen molar-refractivity contribution in [1.29, 1.82) is 0 Å². The summed E-state index contributed by atoms with van der Waals surface area (Å²) in [5, 5.41) is 6.57. The lowest BCUT2D eigenvalue weighted by Gasteiger charge is -2.13. The molecule has 0 unspecified atom stereocenters. The lowest BCUT2D eigenvalue weighted by molar-refractivity contribution is -0.127. The molecular formula is C18H29IN4OS2. The van der Waals surface area contributed by atoms with Gasteiger partial charge in [-0.25, -0.2) is 4.99 Å². The number of thioether (sulfide) groups is 2. The number of hydrogen-bond acceptors (Lipinski definition) is 4. The van der Waals surface area contributed by atoms with Crippen LogP contribution < -0.4 is 10.6 Å². The third kappa shape index (κ3) is 12.5. The monoisotopic (exact) mass is 508 g/mol. The standard InChI is InChI=1S/C18H28N4OS2.HI/c1-4-12-24-13-10-19-18(21-15-17(23)22(2)3)20-11-14-25-16-8-6-5-7-9-16;/h4-9H,1,10-15H2,2-3H3,(H2,19,20,21);1H. The largest absolute Gasteiger partial charge is 0.356 e. The van der Waals surface area contributed by atoms with Crippen LogP contribution in [-0.4, -0.2) is 67.8 Å². The van der Waals surface area contributed by atoms with E-state index >= 15 is 0 Å². The smallest absolute Gasteiger partial charge is 0.243 e. The van der Waals surface area contributed by atoms with Gasteiger partial charge >= 0.3 is 0 Å². The van der Waals surface area contributed by atoms with Crippen LogP contribution in [0.25, 0.3) is 0 Å². The summed E-state index contributed by atoms with van der Waals surface area (Å²) in [6.07, 6.45) is 1.90. The molecule has 0 heterocycles. The Morgan fingerprint density at radius 1 is 1.19 bits per heavy atom. The predicted molar refractivity (Wildman–Crippen MR) is 127 cm³/mol. The number of guanidine groups is 1. The van der Waals surface area contributed by atoms with Gasteiger partial charge in [-0.1, -0.05) is 24.3 Å². The SMILES string of the molecule is C=CCSCCNC(=NCC(=O)N(C)C)NCCSc1ccccc1.I. The zero-order valence-electron chi connectivity index (χ0n) is 15.4. The third-order valence-electron chi connectivity index (χ3n) is 3.05. The highest BCUT2D eigenvalue weighted by molar-refractivity contribution is 14.0. The van der Waals surface area contributed by atoms with Crippen molar-refractivity contribution in [2.75, 3.05) is 51.0 Å². The quantitative estimate of drug-likeness (QED) is 0.120. The fourth-order valence-electron chi connectivity index (χ4n) is 1.73. The van der Waals surface area contributed by atoms with Crippen LogP contribution >= 0.6 is 47.5 Å². The summed E-state index contributed by atoms with van der Waals surface area (Å²) < 4.78 is 0. The summed E-state index contributed by atoms with van der Waals surface area (Å²) in [6, 6.07) is 10.3. The number of amides is 1. The van der Waals surface area contributed by atoms with Crippen LogP contribution in [0.2, 0.25) is 0 Å². The molecule has 1 aromatic rings. The first-order valence-electron chi connectivity index (χ1n) is 8.22. The summed E-state index contributed by atoms with van der Waals surface area (Å²) >= 11 is 3.60. The Morgan fingerprint density at radius 2 is 1.85 bits per heavy atom. The van der Waals surface area contributed by atoms with E-state index in [1.54, 1.807) is 30.8 Å². The number of benzene rings is 1. The number of nitrogens with one attached hydrogen (secondary N) is 2. The molecule has 2 N–H and O–H groups in total. The average Bonchev–Trinajstić information content (AvgIpc) is 2.62. The molecule has 0 aliphatic rings. The molecule has 8 heteroatoms. The van der Waals surface area contributed by atoms with Crippen molar-refractivity contribution >= 4 is 59.4 Å².